The van der Waals surface area contributed by atoms with Crippen molar-refractivity contribution in [2.75, 3.05) is 0 Å². The number of Topliss-reactive ketones (excluding diaryl/α,β-unsaturated/α-hetero) is 2. The van der Waals surface area contributed by atoms with Crippen LogP contribution < -0.4 is 0 Å². The highest BCUT2D eigenvalue weighted by molar-refractivity contribution is 5.95. The van der Waals surface area contributed by atoms with Gasteiger partial charge in [0.25, 0.3) is 0 Å². The Morgan fingerprint density at radius 1 is 1.58 bits per heavy atom. The number of hydrogen-bond acceptors (Lipinski definition) is 2. The summed E-state index contributed by atoms with van der Waals surface area (Å²) in [5.74, 6) is 1.07. The molecule has 0 N–H and O–H groups in total. The second-order valence-corrected chi connectivity index (χ2v) is 4.34. The number of fused-ring (bicyclic) bond motifs is 1. The van der Waals surface area contributed by atoms with E-state index < -0.39 is 0 Å². The van der Waals surface area contributed by atoms with Crippen LogP contribution in [-0.2, 0) is 9.59 Å². The van der Waals surface area contributed by atoms with Crippen molar-refractivity contribution in [2.24, 2.45) is 17.3 Å². The minimum atomic E-state index is -0.258. The van der Waals surface area contributed by atoms with Crippen molar-refractivity contribution < 1.29 is 9.59 Å². The molecule has 2 heteroatoms. The van der Waals surface area contributed by atoms with Gasteiger partial charge in [0.2, 0.25) is 0 Å². The summed E-state index contributed by atoms with van der Waals surface area (Å²) in [5.41, 5.74) is -0.258. The standard InChI is InChI=1S/C10H14O2/c1-6(11)8-5-7-3-4-9(12)10(7,8)2/h7-8H,3-5H2,1-2H3/t7-,8-,10-/m1/s1. The second-order valence-electron chi connectivity index (χ2n) is 4.34. The van der Waals surface area contributed by atoms with E-state index in [9.17, 15) is 9.59 Å². The number of hydrogen-bond donors (Lipinski definition) is 0. The van der Waals surface area contributed by atoms with Crippen molar-refractivity contribution in [3.05, 3.63) is 0 Å². The van der Waals surface area contributed by atoms with E-state index in [4.69, 9.17) is 0 Å². The Balaban J connectivity index is 2.26. The molecule has 2 saturated carbocycles. The normalized spacial score (nSPS) is 45.3. The zero-order chi connectivity index (χ0) is 8.93. The molecular weight excluding hydrogens is 152 g/mol. The lowest BCUT2D eigenvalue weighted by Crippen LogP contribution is -2.50. The van der Waals surface area contributed by atoms with Crippen molar-refractivity contribution in [1.29, 1.82) is 0 Å². The lowest BCUT2D eigenvalue weighted by atomic mass is 9.54. The Morgan fingerprint density at radius 2 is 2.25 bits per heavy atom. The van der Waals surface area contributed by atoms with Gasteiger partial charge in [-0.25, -0.2) is 0 Å². The number of carbonyl (C=O) groups excluding carboxylic acids is 2. The maximum absolute atomic E-state index is 11.5. The summed E-state index contributed by atoms with van der Waals surface area (Å²) in [6, 6.07) is 0. The molecule has 66 valence electrons. The average Bonchev–Trinajstić information content (AvgIpc) is 2.15. The molecule has 0 amide bonds. The lowest BCUT2D eigenvalue weighted by molar-refractivity contribution is -0.148. The zero-order valence-electron chi connectivity index (χ0n) is 7.59. The highest BCUT2D eigenvalue weighted by Crippen LogP contribution is 2.59. The number of carbonyl (C=O) groups is 2. The van der Waals surface area contributed by atoms with Gasteiger partial charge in [-0.3, -0.25) is 9.59 Å². The SMILES string of the molecule is CC(=O)[C@H]1C[C@H]2CCC(=O)[C@]21C. The molecule has 0 radical (unpaired) electrons. The van der Waals surface area contributed by atoms with Crippen LogP contribution in [0.5, 0.6) is 0 Å². The molecule has 2 fully saturated rings. The highest BCUT2D eigenvalue weighted by Gasteiger charge is 2.60. The molecule has 2 aliphatic rings. The minimum absolute atomic E-state index is 0.0394. The lowest BCUT2D eigenvalue weighted by Gasteiger charge is -2.47. The van der Waals surface area contributed by atoms with Crippen LogP contribution in [-0.4, -0.2) is 11.6 Å². The zero-order valence-corrected chi connectivity index (χ0v) is 7.59. The first-order valence-electron chi connectivity index (χ1n) is 4.60. The summed E-state index contributed by atoms with van der Waals surface area (Å²) in [5, 5.41) is 0. The quantitative estimate of drug-likeness (QED) is 0.592. The number of ketones is 2. The molecule has 12 heavy (non-hydrogen) atoms. The fourth-order valence-electron chi connectivity index (χ4n) is 2.90. The van der Waals surface area contributed by atoms with Crippen LogP contribution in [0.1, 0.15) is 33.1 Å². The van der Waals surface area contributed by atoms with E-state index in [1.54, 1.807) is 6.92 Å². The number of rotatable bonds is 1. The second kappa shape index (κ2) is 2.18. The topological polar surface area (TPSA) is 34.1 Å². The molecule has 0 saturated heterocycles. The average molecular weight is 166 g/mol. The summed E-state index contributed by atoms with van der Waals surface area (Å²) in [7, 11) is 0. The summed E-state index contributed by atoms with van der Waals surface area (Å²) in [6.07, 6.45) is 2.67. The third-order valence-corrected chi connectivity index (χ3v) is 3.90. The van der Waals surface area contributed by atoms with Crippen LogP contribution >= 0.6 is 0 Å². The van der Waals surface area contributed by atoms with Gasteiger partial charge in [-0.1, -0.05) is 6.92 Å². The first-order valence-corrected chi connectivity index (χ1v) is 4.60. The molecule has 0 aromatic rings. The fourth-order valence-corrected chi connectivity index (χ4v) is 2.90. The van der Waals surface area contributed by atoms with Crippen LogP contribution in [0, 0.1) is 17.3 Å². The van der Waals surface area contributed by atoms with E-state index in [1.807, 2.05) is 6.92 Å². The summed E-state index contributed by atoms with van der Waals surface area (Å²) < 4.78 is 0. The smallest absolute Gasteiger partial charge is 0.139 e. The van der Waals surface area contributed by atoms with Gasteiger partial charge in [0.15, 0.2) is 0 Å². The van der Waals surface area contributed by atoms with Crippen LogP contribution in [0.4, 0.5) is 0 Å². The van der Waals surface area contributed by atoms with Crippen molar-refractivity contribution in [3.63, 3.8) is 0 Å². The molecule has 0 heterocycles. The van der Waals surface area contributed by atoms with E-state index in [0.29, 0.717) is 18.1 Å². The summed E-state index contributed by atoms with van der Waals surface area (Å²) in [4.78, 5) is 22.7. The van der Waals surface area contributed by atoms with Crippen LogP contribution in [0.15, 0.2) is 0 Å². The molecular formula is C10H14O2. The van der Waals surface area contributed by atoms with Gasteiger partial charge >= 0.3 is 0 Å². The van der Waals surface area contributed by atoms with Gasteiger partial charge in [0.05, 0.1) is 0 Å². The van der Waals surface area contributed by atoms with E-state index in [1.165, 1.54) is 0 Å². The molecule has 2 nitrogen and oxygen atoms in total. The fraction of sp³-hybridized carbons (Fsp3) is 0.800. The van der Waals surface area contributed by atoms with Crippen LogP contribution in [0.3, 0.4) is 0 Å². The predicted octanol–water partition coefficient (Wildman–Crippen LogP) is 1.58. The monoisotopic (exact) mass is 166 g/mol. The maximum Gasteiger partial charge on any atom is 0.139 e. The van der Waals surface area contributed by atoms with E-state index in [0.717, 1.165) is 12.8 Å². The molecule has 2 rings (SSSR count). The van der Waals surface area contributed by atoms with Crippen LogP contribution in [0.2, 0.25) is 0 Å². The van der Waals surface area contributed by atoms with Gasteiger partial charge in [0, 0.05) is 17.8 Å². The Bertz CT molecular complexity index is 257. The van der Waals surface area contributed by atoms with Crippen molar-refractivity contribution in [1.82, 2.24) is 0 Å². The summed E-state index contributed by atoms with van der Waals surface area (Å²) in [6.45, 7) is 3.58. The third kappa shape index (κ3) is 0.706. The van der Waals surface area contributed by atoms with Crippen molar-refractivity contribution in [3.8, 4) is 0 Å². The minimum Gasteiger partial charge on any atom is -0.300 e. The first kappa shape index (κ1) is 7.96. The molecule has 0 aliphatic heterocycles. The molecule has 0 unspecified atom stereocenters. The van der Waals surface area contributed by atoms with Gasteiger partial charge in [0.1, 0.15) is 11.6 Å². The molecule has 2 aliphatic carbocycles. The maximum atomic E-state index is 11.5. The first-order chi connectivity index (χ1) is 5.56. The largest absolute Gasteiger partial charge is 0.300 e. The summed E-state index contributed by atoms with van der Waals surface area (Å²) >= 11 is 0. The van der Waals surface area contributed by atoms with Gasteiger partial charge in [-0.15, -0.1) is 0 Å². The molecule has 3 atom stereocenters. The van der Waals surface area contributed by atoms with Crippen molar-refractivity contribution in [2.45, 2.75) is 33.1 Å². The van der Waals surface area contributed by atoms with Crippen molar-refractivity contribution >= 4 is 11.6 Å². The Hall–Kier alpha value is -0.660. The van der Waals surface area contributed by atoms with Crippen LogP contribution in [0.25, 0.3) is 0 Å². The molecule has 0 aromatic carbocycles. The third-order valence-electron chi connectivity index (χ3n) is 3.90. The highest BCUT2D eigenvalue weighted by atomic mass is 16.1. The van der Waals surface area contributed by atoms with Gasteiger partial charge in [-0.2, -0.15) is 0 Å². The van der Waals surface area contributed by atoms with E-state index in [-0.39, 0.29) is 17.1 Å². The molecule has 0 spiro atoms. The predicted molar refractivity (Wildman–Crippen MR) is 44.6 cm³/mol. The van der Waals surface area contributed by atoms with Gasteiger partial charge in [-0.05, 0) is 25.7 Å². The van der Waals surface area contributed by atoms with E-state index in [2.05, 4.69) is 0 Å². The Morgan fingerprint density at radius 3 is 2.75 bits per heavy atom. The molecule has 0 bridgehead atoms. The Labute approximate surface area is 72.3 Å². The van der Waals surface area contributed by atoms with E-state index >= 15 is 0 Å². The van der Waals surface area contributed by atoms with Gasteiger partial charge < -0.3 is 0 Å². The molecule has 0 aromatic heterocycles. The Kier molecular flexibility index (Phi) is 1.45.